The van der Waals surface area contributed by atoms with E-state index in [1.54, 1.807) is 6.08 Å². The summed E-state index contributed by atoms with van der Waals surface area (Å²) in [5.74, 6) is -0.801. The minimum Gasteiger partial charge on any atom is -0.478 e. The molecule has 2 aliphatic carbocycles. The number of rotatable bonds is 2. The lowest BCUT2D eigenvalue weighted by atomic mass is 9.51. The van der Waals surface area contributed by atoms with E-state index in [2.05, 4.69) is 20.4 Å². The summed E-state index contributed by atoms with van der Waals surface area (Å²) in [5, 5.41) is 9.33. The third-order valence-electron chi connectivity index (χ3n) is 4.88. The zero-order valence-corrected chi connectivity index (χ0v) is 13.0. The maximum atomic E-state index is 11.4. The molecule has 3 atom stereocenters. The third kappa shape index (κ3) is 3.20. The van der Waals surface area contributed by atoms with Crippen LogP contribution in [0.15, 0.2) is 23.8 Å². The fraction of sp³-hybridized carbons (Fsp3) is 0.647. The molecule has 0 aromatic carbocycles. The summed E-state index contributed by atoms with van der Waals surface area (Å²) in [6.07, 6.45) is 4.18. The summed E-state index contributed by atoms with van der Waals surface area (Å²) in [5.41, 5.74) is 1.54. The molecule has 0 amide bonds. The minimum absolute atomic E-state index is 0.0433. The Bertz CT molecular complexity index is 501. The van der Waals surface area contributed by atoms with Crippen LogP contribution in [0.1, 0.15) is 46.5 Å². The number of hydrogen-bond acceptors (Lipinski definition) is 3. The Morgan fingerprint density at radius 1 is 1.43 bits per heavy atom. The van der Waals surface area contributed by atoms with Crippen LogP contribution in [0.25, 0.3) is 0 Å². The summed E-state index contributed by atoms with van der Waals surface area (Å²) in [4.78, 5) is 22.8. The van der Waals surface area contributed by atoms with Gasteiger partial charge in [0.05, 0.1) is 0 Å². The van der Waals surface area contributed by atoms with Crippen molar-refractivity contribution >= 4 is 11.9 Å². The molecule has 116 valence electrons. The van der Waals surface area contributed by atoms with E-state index in [9.17, 15) is 14.7 Å². The summed E-state index contributed by atoms with van der Waals surface area (Å²) in [7, 11) is 0. The molecule has 2 aliphatic rings. The highest BCUT2D eigenvalue weighted by molar-refractivity contribution is 5.86. The molecule has 0 bridgehead atoms. The van der Waals surface area contributed by atoms with Crippen molar-refractivity contribution in [2.24, 2.45) is 17.3 Å². The first-order chi connectivity index (χ1) is 9.72. The molecule has 0 unspecified atom stereocenters. The smallest absolute Gasteiger partial charge is 0.331 e. The van der Waals surface area contributed by atoms with Crippen LogP contribution in [-0.2, 0) is 14.3 Å². The summed E-state index contributed by atoms with van der Waals surface area (Å²) >= 11 is 0. The summed E-state index contributed by atoms with van der Waals surface area (Å²) in [6.45, 7) is 9.86. The number of carbonyl (C=O) groups excluding carboxylic acids is 1. The monoisotopic (exact) mass is 292 g/mol. The molecule has 1 saturated carbocycles. The average Bonchev–Trinajstić information content (AvgIpc) is 2.37. The number of ether oxygens (including phenoxy) is 1. The Morgan fingerprint density at radius 3 is 2.62 bits per heavy atom. The molecule has 1 N–H and O–H groups in total. The second kappa shape index (κ2) is 5.66. The molecule has 0 spiro atoms. The SMILES string of the molecule is C=C1CC/C=C(\C(=O)O)C[C@H](OC(C)=O)[C@H]2[C@H]1CC2(C)C. The number of esters is 1. The van der Waals surface area contributed by atoms with Gasteiger partial charge in [-0.2, -0.15) is 0 Å². The number of aliphatic carboxylic acids is 1. The Labute approximate surface area is 125 Å². The van der Waals surface area contributed by atoms with Crippen LogP contribution in [0, 0.1) is 17.3 Å². The highest BCUT2D eigenvalue weighted by Gasteiger charge is 2.53. The Morgan fingerprint density at radius 2 is 2.10 bits per heavy atom. The van der Waals surface area contributed by atoms with E-state index in [0.717, 1.165) is 18.4 Å². The van der Waals surface area contributed by atoms with Gasteiger partial charge < -0.3 is 9.84 Å². The van der Waals surface area contributed by atoms with Crippen molar-refractivity contribution in [1.29, 1.82) is 0 Å². The Hall–Kier alpha value is -1.58. The predicted octanol–water partition coefficient (Wildman–Crippen LogP) is 3.33. The number of allylic oxidation sites excluding steroid dienone is 2. The average molecular weight is 292 g/mol. The maximum absolute atomic E-state index is 11.4. The first kappa shape index (κ1) is 15.8. The third-order valence-corrected chi connectivity index (χ3v) is 4.88. The lowest BCUT2D eigenvalue weighted by Gasteiger charge is -2.55. The van der Waals surface area contributed by atoms with Crippen molar-refractivity contribution in [2.75, 3.05) is 0 Å². The summed E-state index contributed by atoms with van der Waals surface area (Å²) in [6, 6.07) is 0. The van der Waals surface area contributed by atoms with Gasteiger partial charge in [-0.1, -0.05) is 32.1 Å². The minimum atomic E-state index is -0.923. The van der Waals surface area contributed by atoms with Gasteiger partial charge in [0.25, 0.3) is 0 Å². The molecule has 0 aromatic rings. The molecular formula is C17H24O4. The second-order valence-corrected chi connectivity index (χ2v) is 6.91. The van der Waals surface area contributed by atoms with E-state index in [1.165, 1.54) is 6.92 Å². The highest BCUT2D eigenvalue weighted by atomic mass is 16.5. The van der Waals surface area contributed by atoms with Crippen LogP contribution < -0.4 is 0 Å². The van der Waals surface area contributed by atoms with Gasteiger partial charge in [-0.15, -0.1) is 0 Å². The second-order valence-electron chi connectivity index (χ2n) is 6.91. The first-order valence-electron chi connectivity index (χ1n) is 7.49. The zero-order chi connectivity index (χ0) is 15.8. The van der Waals surface area contributed by atoms with Gasteiger partial charge in [0.15, 0.2) is 0 Å². The van der Waals surface area contributed by atoms with Crippen LogP contribution in [0.5, 0.6) is 0 Å². The highest BCUT2D eigenvalue weighted by Crippen LogP contribution is 2.57. The van der Waals surface area contributed by atoms with E-state index in [1.807, 2.05) is 0 Å². The molecule has 4 heteroatoms. The van der Waals surface area contributed by atoms with Gasteiger partial charge >= 0.3 is 11.9 Å². The van der Waals surface area contributed by atoms with E-state index in [0.29, 0.717) is 17.9 Å². The largest absolute Gasteiger partial charge is 0.478 e. The van der Waals surface area contributed by atoms with Gasteiger partial charge in [0.1, 0.15) is 6.10 Å². The number of carboxylic acids is 1. The quantitative estimate of drug-likeness (QED) is 0.626. The van der Waals surface area contributed by atoms with Crippen LogP contribution in [0.2, 0.25) is 0 Å². The van der Waals surface area contributed by atoms with Gasteiger partial charge in [-0.05, 0) is 30.6 Å². The lowest BCUT2D eigenvalue weighted by molar-refractivity contribution is -0.162. The number of carboxylic acid groups (broad SMARTS) is 1. The zero-order valence-electron chi connectivity index (χ0n) is 13.0. The Balaban J connectivity index is 2.34. The van der Waals surface area contributed by atoms with Crippen molar-refractivity contribution in [2.45, 2.75) is 52.6 Å². The molecule has 4 nitrogen and oxygen atoms in total. The molecule has 0 aliphatic heterocycles. The van der Waals surface area contributed by atoms with Crippen molar-refractivity contribution in [1.82, 2.24) is 0 Å². The fourth-order valence-corrected chi connectivity index (χ4v) is 3.92. The van der Waals surface area contributed by atoms with E-state index in [4.69, 9.17) is 4.74 Å². The van der Waals surface area contributed by atoms with Crippen molar-refractivity contribution in [3.8, 4) is 0 Å². The summed E-state index contributed by atoms with van der Waals surface area (Å²) < 4.78 is 5.50. The van der Waals surface area contributed by atoms with Crippen molar-refractivity contribution in [3.05, 3.63) is 23.8 Å². The van der Waals surface area contributed by atoms with E-state index in [-0.39, 0.29) is 29.8 Å². The van der Waals surface area contributed by atoms with Crippen LogP contribution in [0.3, 0.4) is 0 Å². The van der Waals surface area contributed by atoms with Crippen LogP contribution >= 0.6 is 0 Å². The first-order valence-corrected chi connectivity index (χ1v) is 7.49. The van der Waals surface area contributed by atoms with E-state index < -0.39 is 5.97 Å². The van der Waals surface area contributed by atoms with Gasteiger partial charge in [0, 0.05) is 24.8 Å². The van der Waals surface area contributed by atoms with Gasteiger partial charge in [0.2, 0.25) is 0 Å². The molecule has 2 rings (SSSR count). The molecule has 0 radical (unpaired) electrons. The fourth-order valence-electron chi connectivity index (χ4n) is 3.92. The standard InChI is InChI=1S/C17H24O4/c1-10-6-5-7-12(16(19)20)8-14(21-11(2)18)15-13(10)9-17(15,3)4/h7,13-15H,1,5-6,8-9H2,2-4H3,(H,19,20)/b12-7-/t13-,14-,15+/m0/s1. The molecule has 0 heterocycles. The normalized spacial score (nSPS) is 34.1. The molecular weight excluding hydrogens is 268 g/mol. The number of fused-ring (bicyclic) bond motifs is 1. The Kier molecular flexibility index (Phi) is 4.26. The molecule has 21 heavy (non-hydrogen) atoms. The van der Waals surface area contributed by atoms with Gasteiger partial charge in [-0.3, -0.25) is 4.79 Å². The predicted molar refractivity (Wildman–Crippen MR) is 79.6 cm³/mol. The molecule has 0 aromatic heterocycles. The number of carbonyl (C=O) groups is 2. The lowest BCUT2D eigenvalue weighted by Crippen LogP contribution is -2.52. The van der Waals surface area contributed by atoms with Crippen molar-refractivity contribution < 1.29 is 19.4 Å². The molecule has 0 saturated heterocycles. The van der Waals surface area contributed by atoms with Crippen molar-refractivity contribution in [3.63, 3.8) is 0 Å². The maximum Gasteiger partial charge on any atom is 0.331 e. The van der Waals surface area contributed by atoms with Crippen LogP contribution in [0.4, 0.5) is 0 Å². The van der Waals surface area contributed by atoms with E-state index >= 15 is 0 Å². The van der Waals surface area contributed by atoms with Gasteiger partial charge in [-0.25, -0.2) is 4.79 Å². The van der Waals surface area contributed by atoms with Crippen LogP contribution in [-0.4, -0.2) is 23.1 Å². The topological polar surface area (TPSA) is 63.6 Å². The number of hydrogen-bond donors (Lipinski definition) is 1. The molecule has 1 fully saturated rings.